The minimum Gasteiger partial charge on any atom is -0.505 e. The van der Waals surface area contributed by atoms with Crippen LogP contribution in [0.1, 0.15) is 26.4 Å². The van der Waals surface area contributed by atoms with Crippen LogP contribution in [0.4, 0.5) is 17.2 Å². The van der Waals surface area contributed by atoms with E-state index in [1.807, 2.05) is 6.07 Å². The van der Waals surface area contributed by atoms with Crippen molar-refractivity contribution in [3.05, 3.63) is 90.1 Å². The van der Waals surface area contributed by atoms with E-state index in [2.05, 4.69) is 35.6 Å². The molecule has 0 saturated heterocycles. The van der Waals surface area contributed by atoms with Gasteiger partial charge in [0.15, 0.2) is 17.3 Å². The number of primary amides is 1. The van der Waals surface area contributed by atoms with Crippen LogP contribution in [0.2, 0.25) is 0 Å². The maximum atomic E-state index is 13.2. The second-order valence-electron chi connectivity index (χ2n) is 7.71. The largest absolute Gasteiger partial charge is 0.505 e. The lowest BCUT2D eigenvalue weighted by Gasteiger charge is -2.12. The van der Waals surface area contributed by atoms with Crippen LogP contribution in [0.15, 0.2) is 83.5 Å². The number of phenols is 1. The summed E-state index contributed by atoms with van der Waals surface area (Å²) in [6, 6.07) is 15.0. The molecule has 5 rings (SSSR count). The number of carbonyl (C=O) groups excluding carboxylic acids is 2. The van der Waals surface area contributed by atoms with E-state index >= 15 is 0 Å². The molecule has 2 aromatic carbocycles. The number of pyridine rings is 1. The molecule has 5 aromatic rings. The maximum absolute atomic E-state index is 13.2. The Morgan fingerprint density at radius 1 is 1.03 bits per heavy atom. The van der Waals surface area contributed by atoms with E-state index in [0.717, 1.165) is 0 Å². The molecule has 0 bridgehead atoms. The highest BCUT2D eigenvalue weighted by molar-refractivity contribution is 6.13. The average molecular weight is 504 g/mol. The third-order valence-corrected chi connectivity index (χ3v) is 5.38. The van der Waals surface area contributed by atoms with Gasteiger partial charge in [-0.1, -0.05) is 24.3 Å². The van der Waals surface area contributed by atoms with Crippen LogP contribution >= 0.6 is 0 Å². The van der Waals surface area contributed by atoms with Gasteiger partial charge in [-0.2, -0.15) is 15.0 Å². The lowest BCUT2D eigenvalue weighted by Crippen LogP contribution is -2.19. The third kappa shape index (κ3) is 4.36. The highest BCUT2D eigenvalue weighted by atomic mass is 16.3. The van der Waals surface area contributed by atoms with Gasteiger partial charge in [0, 0.05) is 24.0 Å². The van der Waals surface area contributed by atoms with Gasteiger partial charge in [-0.25, -0.2) is 15.0 Å². The van der Waals surface area contributed by atoms with E-state index in [1.54, 1.807) is 30.3 Å². The summed E-state index contributed by atoms with van der Waals surface area (Å²) in [5, 5.41) is 36.8. The van der Waals surface area contributed by atoms with Crippen molar-refractivity contribution in [2.24, 2.45) is 16.0 Å². The van der Waals surface area contributed by atoms with Gasteiger partial charge in [0.1, 0.15) is 17.3 Å². The van der Waals surface area contributed by atoms with Crippen LogP contribution in [0.5, 0.6) is 5.75 Å². The molecule has 3 heterocycles. The first-order valence-corrected chi connectivity index (χ1v) is 11.0. The van der Waals surface area contributed by atoms with Gasteiger partial charge >= 0.3 is 0 Å². The van der Waals surface area contributed by atoms with E-state index in [4.69, 9.17) is 5.73 Å². The van der Waals surface area contributed by atoms with Crippen LogP contribution in [-0.4, -0.2) is 41.7 Å². The number of azo groups is 1. The number of nitrogens with two attached hydrogens (primary N) is 1. The number of aromatic hydroxyl groups is 1. The molecule has 0 fully saturated rings. The predicted molar refractivity (Wildman–Crippen MR) is 134 cm³/mol. The first kappa shape index (κ1) is 23.7. The van der Waals surface area contributed by atoms with Gasteiger partial charge in [0.05, 0.1) is 17.4 Å². The third-order valence-electron chi connectivity index (χ3n) is 5.38. The Morgan fingerprint density at radius 3 is 2.55 bits per heavy atom. The number of hydrogen-bond acceptors (Lipinski definition) is 10. The number of nitrogens with zero attached hydrogens (tertiary/aromatic N) is 8. The minimum absolute atomic E-state index is 0.0264. The molecule has 13 nitrogen and oxygen atoms in total. The lowest BCUT2D eigenvalue weighted by molar-refractivity contribution is 0.0996. The average Bonchev–Trinajstić information content (AvgIpc) is 3.35. The Bertz CT molecular complexity index is 1770. The van der Waals surface area contributed by atoms with E-state index in [9.17, 15) is 20.0 Å². The summed E-state index contributed by atoms with van der Waals surface area (Å²) in [7, 11) is 0. The van der Waals surface area contributed by atoms with Crippen LogP contribution in [-0.2, 0) is 0 Å². The predicted octanol–water partition coefficient (Wildman–Crippen LogP) is 3.55. The monoisotopic (exact) mass is 504 g/mol. The summed E-state index contributed by atoms with van der Waals surface area (Å²) < 4.78 is 1.23. The zero-order chi connectivity index (χ0) is 26.6. The van der Waals surface area contributed by atoms with Crippen molar-refractivity contribution in [3.8, 4) is 17.8 Å². The number of anilines is 1. The highest BCUT2D eigenvalue weighted by Gasteiger charge is 2.21. The molecule has 0 aliphatic heterocycles. The molecular formula is C25H16N10O3. The van der Waals surface area contributed by atoms with Crippen molar-refractivity contribution in [1.82, 2.24) is 24.7 Å². The number of amides is 2. The summed E-state index contributed by atoms with van der Waals surface area (Å²) >= 11 is 0. The van der Waals surface area contributed by atoms with Gasteiger partial charge in [-0.3, -0.25) is 9.59 Å². The summed E-state index contributed by atoms with van der Waals surface area (Å²) in [6.45, 7) is 0. The van der Waals surface area contributed by atoms with Crippen LogP contribution in [0.3, 0.4) is 0 Å². The van der Waals surface area contributed by atoms with Gasteiger partial charge < -0.3 is 16.2 Å². The summed E-state index contributed by atoms with van der Waals surface area (Å²) in [6.07, 6.45) is 5.66. The van der Waals surface area contributed by atoms with Crippen molar-refractivity contribution < 1.29 is 14.7 Å². The summed E-state index contributed by atoms with van der Waals surface area (Å²) in [4.78, 5) is 37.0. The number of nitrogens with one attached hydrogen (secondary N) is 1. The molecule has 0 saturated carbocycles. The fraction of sp³-hybridized carbons (Fsp3) is 0. The Labute approximate surface area is 213 Å². The number of aromatic nitrogens is 5. The second-order valence-corrected chi connectivity index (χ2v) is 7.71. The van der Waals surface area contributed by atoms with Crippen LogP contribution < -0.4 is 11.1 Å². The number of nitriles is 1. The Kier molecular flexibility index (Phi) is 6.18. The molecule has 0 unspecified atom stereocenters. The van der Waals surface area contributed by atoms with Crippen LogP contribution in [0, 0.1) is 11.3 Å². The van der Waals surface area contributed by atoms with Gasteiger partial charge in [0.25, 0.3) is 17.8 Å². The number of rotatable bonds is 6. The number of carbonyl (C=O) groups is 2. The summed E-state index contributed by atoms with van der Waals surface area (Å²) in [5.74, 6) is -1.86. The fourth-order valence-electron chi connectivity index (χ4n) is 3.65. The van der Waals surface area contributed by atoms with Gasteiger partial charge in [0.2, 0.25) is 0 Å². The molecule has 13 heteroatoms. The smallest absolute Gasteiger partial charge is 0.269 e. The van der Waals surface area contributed by atoms with Crippen molar-refractivity contribution in [2.75, 3.05) is 5.32 Å². The zero-order valence-electron chi connectivity index (χ0n) is 19.3. The normalized spacial score (nSPS) is 10.9. The summed E-state index contributed by atoms with van der Waals surface area (Å²) in [5.41, 5.74) is 5.21. The number of hydrogen-bond donors (Lipinski definition) is 3. The topological polar surface area (TPSA) is 197 Å². The lowest BCUT2D eigenvalue weighted by atomic mass is 10.0. The van der Waals surface area contributed by atoms with Gasteiger partial charge in [-0.05, 0) is 29.7 Å². The molecule has 0 spiro atoms. The maximum Gasteiger partial charge on any atom is 0.269 e. The molecule has 38 heavy (non-hydrogen) atoms. The molecule has 0 aliphatic rings. The molecule has 0 aliphatic carbocycles. The Morgan fingerprint density at radius 2 is 1.79 bits per heavy atom. The Hall–Kier alpha value is -6.03. The molecule has 3 aromatic heterocycles. The quantitative estimate of drug-likeness (QED) is 0.292. The molecule has 4 N–H and O–H groups in total. The zero-order valence-corrected chi connectivity index (χ0v) is 19.3. The number of phenolic OH excluding ortho intramolecular Hbond substituents is 1. The van der Waals surface area contributed by atoms with Crippen molar-refractivity contribution >= 4 is 39.8 Å². The SMILES string of the molecule is N#Cc1cnn(-c2ncccn2)c1/N=N/c1c(O)c(C(=O)Nc2cccnc2C(N)=O)cc2ccccc12. The van der Waals surface area contributed by atoms with Crippen molar-refractivity contribution in [1.29, 1.82) is 5.26 Å². The highest BCUT2D eigenvalue weighted by Crippen LogP contribution is 2.40. The first-order chi connectivity index (χ1) is 18.5. The number of fused-ring (bicyclic) bond motifs is 1. The van der Waals surface area contributed by atoms with Crippen LogP contribution in [0.25, 0.3) is 16.7 Å². The molecule has 0 radical (unpaired) electrons. The van der Waals surface area contributed by atoms with E-state index < -0.39 is 17.6 Å². The molecule has 2 amide bonds. The van der Waals surface area contributed by atoms with Crippen molar-refractivity contribution in [2.45, 2.75) is 0 Å². The standard InChI is InChI=1S/C25H16N10O3/c26-12-15-13-31-35(25-29-9-4-10-30-25)23(15)34-33-19-16-6-2-1-5-14(16)11-17(21(19)36)24(38)32-18-7-3-8-28-20(18)22(27)37/h1-11,13,36H,(H2,27,37)(H,32,38)/b34-33+. The van der Waals surface area contributed by atoms with E-state index in [-0.39, 0.29) is 40.0 Å². The minimum atomic E-state index is -0.828. The van der Waals surface area contributed by atoms with Gasteiger partial charge in [-0.15, -0.1) is 10.2 Å². The number of benzene rings is 2. The fourth-order valence-corrected chi connectivity index (χ4v) is 3.65. The second kappa shape index (κ2) is 9.91. The first-order valence-electron chi connectivity index (χ1n) is 11.0. The van der Waals surface area contributed by atoms with E-state index in [1.165, 1.54) is 47.7 Å². The Balaban J connectivity index is 1.61. The molecule has 184 valence electrons. The van der Waals surface area contributed by atoms with Crippen molar-refractivity contribution in [3.63, 3.8) is 0 Å². The molecule has 0 atom stereocenters. The van der Waals surface area contributed by atoms with E-state index in [0.29, 0.717) is 10.8 Å². The molecular weight excluding hydrogens is 488 g/mol.